The maximum Gasteiger partial charge on any atom is 0.123 e. The topological polar surface area (TPSA) is 37.7 Å². The van der Waals surface area contributed by atoms with Gasteiger partial charge in [-0.15, -0.1) is 11.3 Å². The van der Waals surface area contributed by atoms with E-state index in [1.165, 1.54) is 30.0 Å². The summed E-state index contributed by atoms with van der Waals surface area (Å²) in [7, 11) is 0. The van der Waals surface area contributed by atoms with Gasteiger partial charge in [0.05, 0.1) is 10.7 Å². The van der Waals surface area contributed by atoms with E-state index in [2.05, 4.69) is 20.4 Å². The first-order chi connectivity index (χ1) is 12.3. The van der Waals surface area contributed by atoms with Crippen molar-refractivity contribution in [1.29, 1.82) is 0 Å². The van der Waals surface area contributed by atoms with Gasteiger partial charge in [-0.2, -0.15) is 0 Å². The molecule has 2 aromatic rings. The Balaban J connectivity index is 1.61. The van der Waals surface area contributed by atoms with Crippen molar-refractivity contribution in [3.05, 3.63) is 52.2 Å². The lowest BCUT2D eigenvalue weighted by Gasteiger charge is -2.31. The van der Waals surface area contributed by atoms with Gasteiger partial charge in [-0.1, -0.05) is 17.3 Å². The molecule has 6 heteroatoms. The van der Waals surface area contributed by atoms with Crippen molar-refractivity contribution in [2.45, 2.75) is 32.1 Å². The van der Waals surface area contributed by atoms with Gasteiger partial charge in [0.1, 0.15) is 12.4 Å². The second kappa shape index (κ2) is 9.06. The molecule has 0 N–H and O–H groups in total. The van der Waals surface area contributed by atoms with Crippen LogP contribution < -0.4 is 0 Å². The fraction of sp³-hybridized carbons (Fsp3) is 0.474. The minimum atomic E-state index is -0.234. The third kappa shape index (κ3) is 5.09. The molecule has 0 saturated carbocycles. The number of benzene rings is 1. The van der Waals surface area contributed by atoms with Crippen LogP contribution in [0.15, 0.2) is 41.0 Å². The molecule has 1 aromatic carbocycles. The first-order valence-electron chi connectivity index (χ1n) is 8.82. The minimum Gasteiger partial charge on any atom is -0.396 e. The van der Waals surface area contributed by atoms with E-state index in [0.29, 0.717) is 12.5 Å². The molecule has 1 aliphatic heterocycles. The lowest BCUT2D eigenvalue weighted by molar-refractivity contribution is 0.157. The van der Waals surface area contributed by atoms with Crippen LogP contribution in [0.4, 0.5) is 4.39 Å². The standard InChI is InChI=1S/C19H24FN3OS/c1-2-24-22-18(15-5-7-17(20)8-6-15)9-12-23-11-3-4-16(14-23)19-21-10-13-25-19/h5-8,10,13,16H,2-4,9,11-12,14H2,1H3/b22-18+. The highest BCUT2D eigenvalue weighted by Crippen LogP contribution is 2.28. The van der Waals surface area contributed by atoms with Crippen molar-refractivity contribution in [2.75, 3.05) is 26.2 Å². The summed E-state index contributed by atoms with van der Waals surface area (Å²) in [6, 6.07) is 6.47. The molecule has 1 aromatic heterocycles. The van der Waals surface area contributed by atoms with Crippen LogP contribution >= 0.6 is 11.3 Å². The zero-order chi connectivity index (χ0) is 17.5. The van der Waals surface area contributed by atoms with Crippen LogP contribution in [0, 0.1) is 5.82 Å². The molecule has 4 nitrogen and oxygen atoms in total. The molecular formula is C19H24FN3OS. The predicted molar refractivity (Wildman–Crippen MR) is 99.7 cm³/mol. The Kier molecular flexibility index (Phi) is 6.53. The lowest BCUT2D eigenvalue weighted by atomic mass is 9.98. The van der Waals surface area contributed by atoms with Gasteiger partial charge in [-0.05, 0) is 44.0 Å². The number of aromatic nitrogens is 1. The smallest absolute Gasteiger partial charge is 0.123 e. The van der Waals surface area contributed by atoms with Crippen LogP contribution in [0.25, 0.3) is 0 Å². The number of halogens is 1. The highest BCUT2D eigenvalue weighted by molar-refractivity contribution is 7.09. The first kappa shape index (κ1) is 18.0. The molecule has 1 saturated heterocycles. The van der Waals surface area contributed by atoms with Crippen LogP contribution in [0.5, 0.6) is 0 Å². The molecule has 0 bridgehead atoms. The molecule has 3 rings (SSSR count). The van der Waals surface area contributed by atoms with Crippen molar-refractivity contribution in [3.8, 4) is 0 Å². The van der Waals surface area contributed by atoms with Crippen LogP contribution in [0.3, 0.4) is 0 Å². The van der Waals surface area contributed by atoms with E-state index >= 15 is 0 Å². The van der Waals surface area contributed by atoms with Crippen molar-refractivity contribution in [2.24, 2.45) is 5.16 Å². The van der Waals surface area contributed by atoms with Gasteiger partial charge in [0.25, 0.3) is 0 Å². The summed E-state index contributed by atoms with van der Waals surface area (Å²) >= 11 is 1.75. The largest absolute Gasteiger partial charge is 0.396 e. The fourth-order valence-corrected chi connectivity index (χ4v) is 3.96. The fourth-order valence-electron chi connectivity index (χ4n) is 3.19. The Bertz CT molecular complexity index is 672. The summed E-state index contributed by atoms with van der Waals surface area (Å²) in [4.78, 5) is 12.2. The summed E-state index contributed by atoms with van der Waals surface area (Å²) in [5.41, 5.74) is 1.79. The second-order valence-electron chi connectivity index (χ2n) is 6.22. The third-order valence-electron chi connectivity index (χ3n) is 4.45. The van der Waals surface area contributed by atoms with E-state index in [1.807, 2.05) is 13.1 Å². The van der Waals surface area contributed by atoms with Crippen LogP contribution in [-0.4, -0.2) is 41.8 Å². The van der Waals surface area contributed by atoms with Gasteiger partial charge >= 0.3 is 0 Å². The highest BCUT2D eigenvalue weighted by Gasteiger charge is 2.23. The van der Waals surface area contributed by atoms with Gasteiger partial charge in [0, 0.05) is 37.0 Å². The molecular weight excluding hydrogens is 337 g/mol. The van der Waals surface area contributed by atoms with Gasteiger partial charge in [-0.3, -0.25) is 0 Å². The normalized spacial score (nSPS) is 19.1. The van der Waals surface area contributed by atoms with Crippen molar-refractivity contribution in [1.82, 2.24) is 9.88 Å². The number of likely N-dealkylation sites (tertiary alicyclic amines) is 1. The lowest BCUT2D eigenvalue weighted by Crippen LogP contribution is -2.35. The summed E-state index contributed by atoms with van der Waals surface area (Å²) < 4.78 is 13.2. The van der Waals surface area contributed by atoms with Crippen molar-refractivity contribution < 1.29 is 9.23 Å². The van der Waals surface area contributed by atoms with E-state index in [9.17, 15) is 4.39 Å². The Labute approximate surface area is 152 Å². The number of piperidine rings is 1. The molecule has 0 amide bonds. The average Bonchev–Trinajstić information content (AvgIpc) is 3.18. The molecule has 2 heterocycles. The highest BCUT2D eigenvalue weighted by atomic mass is 32.1. The maximum absolute atomic E-state index is 13.2. The maximum atomic E-state index is 13.2. The quantitative estimate of drug-likeness (QED) is 0.545. The number of oxime groups is 1. The Morgan fingerprint density at radius 1 is 1.40 bits per heavy atom. The third-order valence-corrected chi connectivity index (χ3v) is 5.39. The number of rotatable bonds is 7. The molecule has 25 heavy (non-hydrogen) atoms. The molecule has 134 valence electrons. The Hall–Kier alpha value is -1.79. The Morgan fingerprint density at radius 2 is 2.24 bits per heavy atom. The summed E-state index contributed by atoms with van der Waals surface area (Å²) in [6.45, 7) is 5.51. The van der Waals surface area contributed by atoms with Crippen LogP contribution in [-0.2, 0) is 4.84 Å². The zero-order valence-corrected chi connectivity index (χ0v) is 15.3. The second-order valence-corrected chi connectivity index (χ2v) is 7.15. The number of hydrogen-bond acceptors (Lipinski definition) is 5. The molecule has 1 atom stereocenters. The summed E-state index contributed by atoms with van der Waals surface area (Å²) in [5.74, 6) is 0.300. The van der Waals surface area contributed by atoms with Crippen molar-refractivity contribution >= 4 is 17.0 Å². The van der Waals surface area contributed by atoms with Crippen LogP contribution in [0.1, 0.15) is 42.7 Å². The molecule has 1 fully saturated rings. The number of hydrogen-bond donors (Lipinski definition) is 0. The van der Waals surface area contributed by atoms with E-state index in [1.54, 1.807) is 23.5 Å². The molecule has 1 aliphatic rings. The van der Waals surface area contributed by atoms with E-state index in [4.69, 9.17) is 4.84 Å². The average molecular weight is 361 g/mol. The predicted octanol–water partition coefficient (Wildman–Crippen LogP) is 4.29. The monoisotopic (exact) mass is 361 g/mol. The zero-order valence-electron chi connectivity index (χ0n) is 14.5. The number of nitrogens with zero attached hydrogens (tertiary/aromatic N) is 3. The van der Waals surface area contributed by atoms with Gasteiger partial charge in [0.2, 0.25) is 0 Å². The summed E-state index contributed by atoms with van der Waals surface area (Å²) in [6.07, 6.45) is 5.08. The minimum absolute atomic E-state index is 0.234. The molecule has 0 radical (unpaired) electrons. The summed E-state index contributed by atoms with van der Waals surface area (Å²) in [5, 5.41) is 7.55. The number of thiazole rings is 1. The van der Waals surface area contributed by atoms with E-state index < -0.39 is 0 Å². The van der Waals surface area contributed by atoms with Gasteiger partial charge in [-0.25, -0.2) is 9.37 Å². The molecule has 0 spiro atoms. The van der Waals surface area contributed by atoms with E-state index in [-0.39, 0.29) is 5.82 Å². The molecule has 1 unspecified atom stereocenters. The molecule has 0 aliphatic carbocycles. The SMILES string of the molecule is CCO/N=C(\CCN1CCCC(c2nccs2)C1)c1ccc(F)cc1. The van der Waals surface area contributed by atoms with Gasteiger partial charge < -0.3 is 9.74 Å². The van der Waals surface area contributed by atoms with Gasteiger partial charge in [0.15, 0.2) is 0 Å². The first-order valence-corrected chi connectivity index (χ1v) is 9.70. The van der Waals surface area contributed by atoms with Crippen molar-refractivity contribution in [3.63, 3.8) is 0 Å². The van der Waals surface area contributed by atoms with Crippen LogP contribution in [0.2, 0.25) is 0 Å². The van der Waals surface area contributed by atoms with E-state index in [0.717, 1.165) is 37.3 Å². The Morgan fingerprint density at radius 3 is 2.96 bits per heavy atom.